The first-order valence-electron chi connectivity index (χ1n) is 20.7. The van der Waals surface area contributed by atoms with Crippen molar-refractivity contribution in [1.29, 1.82) is 0 Å². The van der Waals surface area contributed by atoms with Gasteiger partial charge in [0.15, 0.2) is 0 Å². The molecule has 49 heavy (non-hydrogen) atoms. The van der Waals surface area contributed by atoms with Crippen molar-refractivity contribution in [3.05, 3.63) is 36.5 Å². The predicted octanol–water partition coefficient (Wildman–Crippen LogP) is 12.1. The summed E-state index contributed by atoms with van der Waals surface area (Å²) in [6.07, 6.45) is 47.1. The Bertz CT molecular complexity index is 914. The lowest BCUT2D eigenvalue weighted by Gasteiger charge is -2.21. The molecule has 0 spiro atoms. The van der Waals surface area contributed by atoms with E-state index in [9.17, 15) is 22.9 Å². The van der Waals surface area contributed by atoms with E-state index >= 15 is 0 Å². The van der Waals surface area contributed by atoms with Crippen LogP contribution >= 0.6 is 0 Å². The summed E-state index contributed by atoms with van der Waals surface area (Å²) in [4.78, 5) is 12.5. The number of hydrogen-bond donors (Lipinski definition) is 3. The molecule has 2 unspecified atom stereocenters. The van der Waals surface area contributed by atoms with Gasteiger partial charge in [-0.3, -0.25) is 9.35 Å². The first kappa shape index (κ1) is 47.6. The van der Waals surface area contributed by atoms with E-state index in [-0.39, 0.29) is 12.3 Å². The molecule has 0 aromatic rings. The number of unbranched alkanes of at least 4 members (excludes halogenated alkanes) is 25. The highest BCUT2D eigenvalue weighted by Gasteiger charge is 2.24. The van der Waals surface area contributed by atoms with Crippen LogP contribution in [-0.2, 0) is 14.9 Å². The van der Waals surface area contributed by atoms with Gasteiger partial charge >= 0.3 is 0 Å². The lowest BCUT2D eigenvalue weighted by molar-refractivity contribution is -0.122. The van der Waals surface area contributed by atoms with Gasteiger partial charge in [0.05, 0.1) is 17.9 Å². The molecule has 288 valence electrons. The molecule has 0 rings (SSSR count). The third-order valence-corrected chi connectivity index (χ3v) is 10.1. The van der Waals surface area contributed by atoms with E-state index in [4.69, 9.17) is 0 Å². The van der Waals surface area contributed by atoms with Crippen LogP contribution in [0.4, 0.5) is 0 Å². The van der Waals surface area contributed by atoms with Crippen molar-refractivity contribution in [3.8, 4) is 0 Å². The summed E-state index contributed by atoms with van der Waals surface area (Å²) in [5.41, 5.74) is 0. The van der Waals surface area contributed by atoms with Crippen molar-refractivity contribution < 1.29 is 22.9 Å². The fourth-order valence-corrected chi connectivity index (χ4v) is 6.93. The average Bonchev–Trinajstić information content (AvgIpc) is 3.06. The zero-order chi connectivity index (χ0) is 36.1. The zero-order valence-electron chi connectivity index (χ0n) is 32.1. The molecule has 0 saturated heterocycles. The normalized spacial score (nSPS) is 13.6. The number of carbonyl (C=O) groups is 1. The van der Waals surface area contributed by atoms with Crippen LogP contribution in [0.2, 0.25) is 0 Å². The van der Waals surface area contributed by atoms with Gasteiger partial charge in [-0.15, -0.1) is 0 Å². The number of carbonyl (C=O) groups excluding carboxylic acids is 1. The van der Waals surface area contributed by atoms with Crippen LogP contribution in [0.15, 0.2) is 36.5 Å². The second-order valence-corrected chi connectivity index (χ2v) is 15.8. The molecule has 1 amide bonds. The molecular weight excluding hydrogens is 631 g/mol. The van der Waals surface area contributed by atoms with Gasteiger partial charge in [0.1, 0.15) is 0 Å². The molecule has 3 N–H and O–H groups in total. The molecule has 0 radical (unpaired) electrons. The van der Waals surface area contributed by atoms with Gasteiger partial charge in [0.2, 0.25) is 5.91 Å². The molecule has 6 nitrogen and oxygen atoms in total. The third kappa shape index (κ3) is 37.6. The molecule has 0 aliphatic heterocycles. The first-order chi connectivity index (χ1) is 23.8. The number of amides is 1. The third-order valence-electron chi connectivity index (χ3n) is 9.29. The Labute approximate surface area is 304 Å². The highest BCUT2D eigenvalue weighted by molar-refractivity contribution is 7.85. The number of aliphatic hydroxyl groups excluding tert-OH is 1. The van der Waals surface area contributed by atoms with E-state index in [0.29, 0.717) is 6.42 Å². The Morgan fingerprint density at radius 3 is 1.41 bits per heavy atom. The van der Waals surface area contributed by atoms with E-state index in [0.717, 1.165) is 64.2 Å². The van der Waals surface area contributed by atoms with Crippen LogP contribution in [0.1, 0.15) is 206 Å². The van der Waals surface area contributed by atoms with Gasteiger partial charge < -0.3 is 10.4 Å². The van der Waals surface area contributed by atoms with Crippen molar-refractivity contribution in [2.75, 3.05) is 5.75 Å². The Morgan fingerprint density at radius 2 is 0.959 bits per heavy atom. The van der Waals surface area contributed by atoms with Gasteiger partial charge in [-0.2, -0.15) is 8.42 Å². The van der Waals surface area contributed by atoms with Crippen LogP contribution < -0.4 is 5.32 Å². The number of aliphatic hydroxyl groups is 1. The highest BCUT2D eigenvalue weighted by atomic mass is 32.2. The minimum absolute atomic E-state index is 0.280. The Balaban J connectivity index is 3.89. The molecular formula is C42H79NO5S. The topological polar surface area (TPSA) is 104 Å². The molecule has 0 aromatic heterocycles. The van der Waals surface area contributed by atoms with Crippen molar-refractivity contribution in [2.24, 2.45) is 0 Å². The Kier molecular flexibility index (Phi) is 35.3. The van der Waals surface area contributed by atoms with E-state index < -0.39 is 28.0 Å². The summed E-state index contributed by atoms with van der Waals surface area (Å²) in [6, 6.07) is -1.06. The van der Waals surface area contributed by atoms with Crippen molar-refractivity contribution in [3.63, 3.8) is 0 Å². The molecule has 7 heteroatoms. The van der Waals surface area contributed by atoms with Gasteiger partial charge in [-0.25, -0.2) is 0 Å². The van der Waals surface area contributed by atoms with Crippen LogP contribution in [-0.4, -0.2) is 41.9 Å². The van der Waals surface area contributed by atoms with Gasteiger partial charge in [-0.1, -0.05) is 192 Å². The summed E-state index contributed by atoms with van der Waals surface area (Å²) >= 11 is 0. The van der Waals surface area contributed by atoms with E-state index in [2.05, 4.69) is 43.5 Å². The predicted molar refractivity (Wildman–Crippen MR) is 212 cm³/mol. The Hall–Kier alpha value is -1.44. The number of hydrogen-bond acceptors (Lipinski definition) is 4. The Morgan fingerprint density at radius 1 is 0.551 bits per heavy atom. The maximum absolute atomic E-state index is 12.5. The van der Waals surface area contributed by atoms with Gasteiger partial charge in [-0.05, 0) is 44.9 Å². The highest BCUT2D eigenvalue weighted by Crippen LogP contribution is 2.15. The van der Waals surface area contributed by atoms with Gasteiger partial charge in [0.25, 0.3) is 10.1 Å². The monoisotopic (exact) mass is 710 g/mol. The van der Waals surface area contributed by atoms with Crippen molar-refractivity contribution in [2.45, 2.75) is 219 Å². The maximum Gasteiger partial charge on any atom is 0.267 e. The summed E-state index contributed by atoms with van der Waals surface area (Å²) in [6.45, 7) is 4.46. The van der Waals surface area contributed by atoms with Gasteiger partial charge in [0, 0.05) is 6.42 Å². The van der Waals surface area contributed by atoms with Crippen molar-refractivity contribution in [1.82, 2.24) is 5.32 Å². The molecule has 0 bridgehead atoms. The largest absolute Gasteiger partial charge is 0.387 e. The molecule has 0 saturated carbocycles. The lowest BCUT2D eigenvalue weighted by Crippen LogP contribution is -2.46. The standard InChI is InChI=1S/C42H79NO5S/c1-3-5-7-9-11-13-15-17-18-19-20-21-22-23-24-26-27-29-31-33-35-37-41(44)40(39-49(46,47)48)43-42(45)38-36-34-32-30-28-25-16-14-12-10-8-6-4-2/h8,10,14,16,35,37,40-41,44H,3-7,9,11-13,15,17-34,36,38-39H2,1-2H3,(H,43,45)(H,46,47,48)/b10-8-,16-14-,37-35+. The minimum Gasteiger partial charge on any atom is -0.387 e. The lowest BCUT2D eigenvalue weighted by atomic mass is 10.0. The first-order valence-corrected chi connectivity index (χ1v) is 22.3. The zero-order valence-corrected chi connectivity index (χ0v) is 32.9. The van der Waals surface area contributed by atoms with Crippen LogP contribution in [0.3, 0.4) is 0 Å². The maximum atomic E-state index is 12.5. The van der Waals surface area contributed by atoms with E-state index in [1.54, 1.807) is 6.08 Å². The molecule has 0 heterocycles. The van der Waals surface area contributed by atoms with E-state index in [1.807, 2.05) is 6.08 Å². The smallest absolute Gasteiger partial charge is 0.267 e. The second-order valence-electron chi connectivity index (χ2n) is 14.3. The summed E-state index contributed by atoms with van der Waals surface area (Å²) in [7, 11) is -4.35. The van der Waals surface area contributed by atoms with Crippen LogP contribution in [0.5, 0.6) is 0 Å². The van der Waals surface area contributed by atoms with Crippen LogP contribution in [0, 0.1) is 0 Å². The molecule has 0 aliphatic carbocycles. The number of allylic oxidation sites excluding steroid dienone is 5. The summed E-state index contributed by atoms with van der Waals surface area (Å²) in [5, 5.41) is 13.2. The minimum atomic E-state index is -4.35. The fraction of sp³-hybridized carbons (Fsp3) is 0.833. The fourth-order valence-electron chi connectivity index (χ4n) is 6.19. The summed E-state index contributed by atoms with van der Waals surface area (Å²) < 4.78 is 32.5. The quantitative estimate of drug-likeness (QED) is 0.0338. The molecule has 0 aliphatic rings. The molecule has 0 fully saturated rings. The molecule has 0 aromatic carbocycles. The second kappa shape index (κ2) is 36.4. The summed E-state index contributed by atoms with van der Waals surface area (Å²) in [5.74, 6) is -0.996. The SMILES string of the molecule is CCC/C=C\C/C=C\CCCCCCCC(=O)NC(CS(=O)(=O)O)C(O)/C=C/CCCCCCCCCCCCCCCCCCCCC. The molecule has 2 atom stereocenters. The van der Waals surface area contributed by atoms with Crippen LogP contribution in [0.25, 0.3) is 0 Å². The van der Waals surface area contributed by atoms with E-state index in [1.165, 1.54) is 116 Å². The van der Waals surface area contributed by atoms with Crippen molar-refractivity contribution >= 4 is 16.0 Å². The average molecular weight is 710 g/mol. The number of nitrogens with one attached hydrogen (secondary N) is 1. The number of rotatable bonds is 37.